The van der Waals surface area contributed by atoms with E-state index in [9.17, 15) is 0 Å². The lowest BCUT2D eigenvalue weighted by molar-refractivity contribution is 0.241. The second-order valence-corrected chi connectivity index (χ2v) is 9.95. The Bertz CT molecular complexity index is 568. The van der Waals surface area contributed by atoms with Gasteiger partial charge in [0, 0.05) is 24.8 Å². The molecule has 1 saturated heterocycles. The first-order valence-corrected chi connectivity index (χ1v) is 12.5. The molecule has 29 heavy (non-hydrogen) atoms. The van der Waals surface area contributed by atoms with Crippen molar-refractivity contribution in [1.29, 1.82) is 0 Å². The number of anilines is 1. The molecule has 2 aliphatic rings. The molecule has 1 aliphatic heterocycles. The summed E-state index contributed by atoms with van der Waals surface area (Å²) in [5, 5.41) is 0. The van der Waals surface area contributed by atoms with E-state index in [1.807, 2.05) is 0 Å². The van der Waals surface area contributed by atoms with E-state index in [1.165, 1.54) is 87.4 Å². The zero-order valence-corrected chi connectivity index (χ0v) is 19.6. The van der Waals surface area contributed by atoms with Crippen molar-refractivity contribution < 1.29 is 0 Å². The van der Waals surface area contributed by atoms with Crippen molar-refractivity contribution in [3.05, 3.63) is 36.0 Å². The highest BCUT2D eigenvalue weighted by Crippen LogP contribution is 2.38. The van der Waals surface area contributed by atoms with Crippen molar-refractivity contribution >= 4 is 5.69 Å². The Kier molecular flexibility index (Phi) is 8.90. The lowest BCUT2D eigenvalue weighted by Crippen LogP contribution is -2.32. The van der Waals surface area contributed by atoms with Gasteiger partial charge in [0.05, 0.1) is 0 Å². The fourth-order valence-electron chi connectivity index (χ4n) is 5.17. The average Bonchev–Trinajstić information content (AvgIpc) is 3.17. The molecule has 2 radical (unpaired) electrons. The van der Waals surface area contributed by atoms with Gasteiger partial charge in [-0.25, -0.2) is 0 Å². The molecule has 0 aromatic heterocycles. The Balaban J connectivity index is 1.71. The summed E-state index contributed by atoms with van der Waals surface area (Å²) in [6.45, 7) is 15.4. The molecule has 2 fully saturated rings. The van der Waals surface area contributed by atoms with E-state index < -0.39 is 0 Å². The molecule has 0 spiro atoms. The average molecular weight is 397 g/mol. The van der Waals surface area contributed by atoms with E-state index in [2.05, 4.69) is 62.4 Å². The molecule has 0 bridgehead atoms. The van der Waals surface area contributed by atoms with Gasteiger partial charge in [0.15, 0.2) is 6.67 Å². The third kappa shape index (κ3) is 6.23. The van der Waals surface area contributed by atoms with Crippen LogP contribution in [0.25, 0.3) is 0 Å². The fraction of sp³-hybridized carbons (Fsp3) is 0.741. The Hall–Kier alpha value is -1.02. The largest absolute Gasteiger partial charge is 0.345 e. The quantitative estimate of drug-likeness (QED) is 0.514. The third-order valence-corrected chi connectivity index (χ3v) is 6.94. The number of hydrogen-bond acceptors (Lipinski definition) is 2. The summed E-state index contributed by atoms with van der Waals surface area (Å²) in [5.74, 6) is 1.08. The lowest BCUT2D eigenvalue weighted by Gasteiger charge is -2.30. The van der Waals surface area contributed by atoms with Crippen molar-refractivity contribution in [3.8, 4) is 0 Å². The molecule has 0 amide bonds. The van der Waals surface area contributed by atoms with E-state index in [0.717, 1.165) is 13.1 Å². The first-order chi connectivity index (χ1) is 14.1. The summed E-state index contributed by atoms with van der Waals surface area (Å²) < 4.78 is 0. The van der Waals surface area contributed by atoms with Gasteiger partial charge in [0.1, 0.15) is 0 Å². The molecule has 0 unspecified atom stereocenters. The molecular formula is C27H44N2. The summed E-state index contributed by atoms with van der Waals surface area (Å²) in [5.41, 5.74) is 4.39. The van der Waals surface area contributed by atoms with Gasteiger partial charge in [0.2, 0.25) is 0 Å². The molecule has 0 N–H and O–H groups in total. The minimum absolute atomic E-state index is 0.542. The molecule has 1 aliphatic carbocycles. The molecular weight excluding hydrogens is 352 g/mol. The van der Waals surface area contributed by atoms with Crippen molar-refractivity contribution in [1.82, 2.24) is 4.90 Å². The standard InChI is InChI=1S/C27H44N2/c1-22(2)25-17-14-18-26(23(3)4)27(25)29-20-19-28(21-29)24-15-12-10-8-6-5-7-9-11-13-16-24/h14,17-18,22-24H,5-13,15-16,19-20H2,1-4H3. The van der Waals surface area contributed by atoms with Crippen molar-refractivity contribution in [2.75, 3.05) is 18.0 Å². The Morgan fingerprint density at radius 3 is 1.69 bits per heavy atom. The van der Waals surface area contributed by atoms with E-state index in [0.29, 0.717) is 17.9 Å². The highest BCUT2D eigenvalue weighted by molar-refractivity contribution is 5.63. The van der Waals surface area contributed by atoms with Crippen molar-refractivity contribution in [3.63, 3.8) is 0 Å². The molecule has 1 aromatic rings. The molecule has 2 nitrogen and oxygen atoms in total. The lowest BCUT2D eigenvalue weighted by atomic mass is 9.92. The summed E-state index contributed by atoms with van der Waals surface area (Å²) >= 11 is 0. The van der Waals surface area contributed by atoms with Gasteiger partial charge in [-0.1, -0.05) is 104 Å². The second kappa shape index (κ2) is 11.4. The molecule has 2 heteroatoms. The summed E-state index contributed by atoms with van der Waals surface area (Å²) in [7, 11) is 0. The van der Waals surface area contributed by atoms with Gasteiger partial charge in [-0.2, -0.15) is 0 Å². The molecule has 1 aromatic carbocycles. The number of hydrogen-bond donors (Lipinski definition) is 0. The van der Waals surface area contributed by atoms with Crippen LogP contribution < -0.4 is 4.90 Å². The maximum Gasteiger partial charge on any atom is 0.177 e. The monoisotopic (exact) mass is 396 g/mol. The van der Waals surface area contributed by atoms with Crippen LogP contribution in [0, 0.1) is 6.67 Å². The number of nitrogens with zero attached hydrogens (tertiary/aromatic N) is 2. The zero-order chi connectivity index (χ0) is 20.6. The first-order valence-electron chi connectivity index (χ1n) is 12.5. The van der Waals surface area contributed by atoms with Crippen LogP contribution in [0.3, 0.4) is 0 Å². The van der Waals surface area contributed by atoms with Gasteiger partial charge >= 0.3 is 0 Å². The third-order valence-electron chi connectivity index (χ3n) is 6.94. The maximum absolute atomic E-state index is 3.85. The van der Waals surface area contributed by atoms with E-state index in [-0.39, 0.29) is 0 Å². The first kappa shape index (κ1) is 22.7. The Morgan fingerprint density at radius 1 is 0.724 bits per heavy atom. The molecule has 1 saturated carbocycles. The predicted molar refractivity (Wildman–Crippen MR) is 126 cm³/mol. The number of para-hydroxylation sites is 1. The van der Waals surface area contributed by atoms with Gasteiger partial charge in [-0.05, 0) is 35.8 Å². The second-order valence-electron chi connectivity index (χ2n) is 9.95. The minimum Gasteiger partial charge on any atom is -0.345 e. The highest BCUT2D eigenvalue weighted by Gasteiger charge is 2.31. The Labute approximate surface area is 181 Å². The van der Waals surface area contributed by atoms with Gasteiger partial charge < -0.3 is 4.90 Å². The Morgan fingerprint density at radius 2 is 1.21 bits per heavy atom. The van der Waals surface area contributed by atoms with Crippen molar-refractivity contribution in [2.24, 2.45) is 0 Å². The van der Waals surface area contributed by atoms with Crippen LogP contribution in [0.4, 0.5) is 5.69 Å². The van der Waals surface area contributed by atoms with Crippen molar-refractivity contribution in [2.45, 2.75) is 116 Å². The minimum atomic E-state index is 0.542. The van der Waals surface area contributed by atoms with Crippen LogP contribution in [0.15, 0.2) is 18.2 Å². The van der Waals surface area contributed by atoms with Crippen LogP contribution in [-0.4, -0.2) is 24.0 Å². The summed E-state index contributed by atoms with van der Waals surface area (Å²) in [6.07, 6.45) is 15.5. The normalized spacial score (nSPS) is 21.5. The summed E-state index contributed by atoms with van der Waals surface area (Å²) in [6, 6.07) is 7.58. The van der Waals surface area contributed by atoms with E-state index in [1.54, 1.807) is 0 Å². The molecule has 3 rings (SSSR count). The van der Waals surface area contributed by atoms with E-state index >= 15 is 0 Å². The predicted octanol–water partition coefficient (Wildman–Crippen LogP) is 7.72. The smallest absolute Gasteiger partial charge is 0.177 e. The van der Waals surface area contributed by atoms with Gasteiger partial charge in [0.25, 0.3) is 0 Å². The number of benzene rings is 1. The highest BCUT2D eigenvalue weighted by atomic mass is 15.4. The fourth-order valence-corrected chi connectivity index (χ4v) is 5.17. The maximum atomic E-state index is 3.85. The van der Waals surface area contributed by atoms with Crippen LogP contribution in [0.2, 0.25) is 0 Å². The van der Waals surface area contributed by atoms with Crippen LogP contribution in [0.1, 0.15) is 121 Å². The van der Waals surface area contributed by atoms with Gasteiger partial charge in [-0.15, -0.1) is 0 Å². The summed E-state index contributed by atoms with van der Waals surface area (Å²) in [4.78, 5) is 5.04. The van der Waals surface area contributed by atoms with Gasteiger partial charge in [-0.3, -0.25) is 4.90 Å². The zero-order valence-electron chi connectivity index (χ0n) is 19.6. The molecule has 0 atom stereocenters. The van der Waals surface area contributed by atoms with Crippen LogP contribution in [-0.2, 0) is 0 Å². The topological polar surface area (TPSA) is 6.48 Å². The SMILES string of the molecule is CC(C)c1cccc(C(C)C)c1N1[C]N(C2CCCCCCCCCCC2)CC1. The number of rotatable bonds is 4. The molecule has 162 valence electrons. The van der Waals surface area contributed by atoms with Crippen LogP contribution in [0.5, 0.6) is 0 Å². The van der Waals surface area contributed by atoms with Crippen LogP contribution >= 0.6 is 0 Å². The molecule has 1 heterocycles. The van der Waals surface area contributed by atoms with E-state index in [4.69, 9.17) is 0 Å².